The van der Waals surface area contributed by atoms with Crippen LogP contribution in [-0.4, -0.2) is 26.6 Å². The molecular formula is C22H29NO3S. The molecule has 0 saturated heterocycles. The quantitative estimate of drug-likeness (QED) is 0.693. The Bertz CT molecular complexity index is 898. The van der Waals surface area contributed by atoms with Gasteiger partial charge in [-0.1, -0.05) is 32.0 Å². The van der Waals surface area contributed by atoms with Crippen molar-refractivity contribution in [3.8, 4) is 0 Å². The third-order valence-electron chi connectivity index (χ3n) is 4.92. The average Bonchev–Trinajstić information content (AvgIpc) is 2.61. The van der Waals surface area contributed by atoms with Gasteiger partial charge in [0.1, 0.15) is 0 Å². The summed E-state index contributed by atoms with van der Waals surface area (Å²) in [5.74, 6) is -0.0765. The second kappa shape index (κ2) is 8.70. The van der Waals surface area contributed by atoms with E-state index in [0.717, 1.165) is 24.1 Å². The van der Waals surface area contributed by atoms with Crippen LogP contribution in [0.2, 0.25) is 0 Å². The first-order valence-corrected chi connectivity index (χ1v) is 11.4. The van der Waals surface area contributed by atoms with Crippen LogP contribution in [0.5, 0.6) is 0 Å². The summed E-state index contributed by atoms with van der Waals surface area (Å²) in [5.41, 5.74) is 4.50. The minimum absolute atomic E-state index is 0.0190. The van der Waals surface area contributed by atoms with Gasteiger partial charge < -0.3 is 4.90 Å². The number of carbonyl (C=O) groups excluding carboxylic acids is 1. The van der Waals surface area contributed by atoms with Crippen LogP contribution in [0, 0.1) is 13.8 Å². The molecule has 0 radical (unpaired) electrons. The predicted molar refractivity (Wildman–Crippen MR) is 112 cm³/mol. The first-order valence-electron chi connectivity index (χ1n) is 9.33. The van der Waals surface area contributed by atoms with Crippen molar-refractivity contribution in [1.82, 2.24) is 0 Å². The molecule has 0 spiro atoms. The van der Waals surface area contributed by atoms with Crippen molar-refractivity contribution in [2.45, 2.75) is 52.3 Å². The number of nitrogens with zero attached hydrogens (tertiary/aromatic N) is 1. The van der Waals surface area contributed by atoms with Crippen LogP contribution in [0.1, 0.15) is 53.7 Å². The third kappa shape index (κ3) is 5.42. The second-order valence-electron chi connectivity index (χ2n) is 7.18. The highest BCUT2D eigenvalue weighted by atomic mass is 32.2. The highest BCUT2D eigenvalue weighted by molar-refractivity contribution is 7.89. The zero-order valence-corrected chi connectivity index (χ0v) is 17.6. The number of rotatable bonds is 7. The van der Waals surface area contributed by atoms with Crippen LogP contribution in [-0.2, 0) is 15.6 Å². The lowest BCUT2D eigenvalue weighted by atomic mass is 10.0. The first kappa shape index (κ1) is 21.2. The molecule has 0 N–H and O–H groups in total. The monoisotopic (exact) mass is 387 g/mol. The van der Waals surface area contributed by atoms with E-state index in [9.17, 15) is 13.2 Å². The first-order chi connectivity index (χ1) is 12.7. The van der Waals surface area contributed by atoms with Gasteiger partial charge in [0.15, 0.2) is 9.84 Å². The zero-order chi connectivity index (χ0) is 20.2. The SMILES string of the molecule is CCC(CC)N(C(=O)c1ccc(CS(C)(=O)=O)cc1)c1ccc(C)c(C)c1. The van der Waals surface area contributed by atoms with Crippen LogP contribution in [0.3, 0.4) is 0 Å². The number of carbonyl (C=O) groups is 1. The molecule has 5 heteroatoms. The molecule has 0 aliphatic heterocycles. The Morgan fingerprint density at radius 2 is 1.56 bits per heavy atom. The van der Waals surface area contributed by atoms with Crippen molar-refractivity contribution in [2.75, 3.05) is 11.2 Å². The molecule has 2 aromatic rings. The molecule has 0 bridgehead atoms. The van der Waals surface area contributed by atoms with Crippen molar-refractivity contribution < 1.29 is 13.2 Å². The maximum absolute atomic E-state index is 13.3. The van der Waals surface area contributed by atoms with Gasteiger partial charge >= 0.3 is 0 Å². The van der Waals surface area contributed by atoms with E-state index in [1.165, 1.54) is 11.8 Å². The van der Waals surface area contributed by atoms with Gasteiger partial charge in [-0.15, -0.1) is 0 Å². The normalized spacial score (nSPS) is 11.6. The van der Waals surface area contributed by atoms with Gasteiger partial charge in [0, 0.05) is 23.5 Å². The number of amides is 1. The lowest BCUT2D eigenvalue weighted by Gasteiger charge is -2.31. The Morgan fingerprint density at radius 1 is 0.963 bits per heavy atom. The predicted octanol–water partition coefficient (Wildman–Crippen LogP) is 4.68. The molecule has 0 unspecified atom stereocenters. The average molecular weight is 388 g/mol. The van der Waals surface area contributed by atoms with Gasteiger partial charge in [-0.3, -0.25) is 4.79 Å². The van der Waals surface area contributed by atoms with Gasteiger partial charge in [0.2, 0.25) is 0 Å². The van der Waals surface area contributed by atoms with Crippen LogP contribution in [0.25, 0.3) is 0 Å². The van der Waals surface area contributed by atoms with Crippen LogP contribution in [0.4, 0.5) is 5.69 Å². The number of hydrogen-bond acceptors (Lipinski definition) is 3. The Morgan fingerprint density at radius 3 is 2.04 bits per heavy atom. The minimum Gasteiger partial charge on any atom is -0.305 e. The van der Waals surface area contributed by atoms with E-state index in [4.69, 9.17) is 0 Å². The van der Waals surface area contributed by atoms with E-state index in [0.29, 0.717) is 11.1 Å². The zero-order valence-electron chi connectivity index (χ0n) is 16.8. The molecule has 4 nitrogen and oxygen atoms in total. The molecule has 0 atom stereocenters. The number of aryl methyl sites for hydroxylation is 2. The van der Waals surface area contributed by atoms with E-state index >= 15 is 0 Å². The summed E-state index contributed by atoms with van der Waals surface area (Å²) < 4.78 is 22.9. The maximum atomic E-state index is 13.3. The molecule has 0 aliphatic rings. The Balaban J connectivity index is 2.40. The second-order valence-corrected chi connectivity index (χ2v) is 9.32. The molecule has 0 aromatic heterocycles. The fourth-order valence-electron chi connectivity index (χ4n) is 3.21. The summed E-state index contributed by atoms with van der Waals surface area (Å²) in [6, 6.07) is 13.1. The smallest absolute Gasteiger partial charge is 0.258 e. The lowest BCUT2D eigenvalue weighted by Crippen LogP contribution is -2.40. The van der Waals surface area contributed by atoms with Crippen LogP contribution < -0.4 is 4.90 Å². The molecule has 1 amide bonds. The maximum Gasteiger partial charge on any atom is 0.258 e. The van der Waals surface area contributed by atoms with Crippen molar-refractivity contribution in [1.29, 1.82) is 0 Å². The summed E-state index contributed by atoms with van der Waals surface area (Å²) >= 11 is 0. The van der Waals surface area contributed by atoms with Gasteiger partial charge in [0.05, 0.1) is 5.75 Å². The molecule has 2 rings (SSSR count). The number of hydrogen-bond donors (Lipinski definition) is 0. The van der Waals surface area contributed by atoms with E-state index in [1.807, 2.05) is 24.0 Å². The standard InChI is InChI=1S/C22H29NO3S/c1-6-20(7-2)23(21-13-8-16(3)17(4)14-21)22(24)19-11-9-18(10-12-19)15-27(5,25)26/h8-14,20H,6-7,15H2,1-5H3. The van der Waals surface area contributed by atoms with Gasteiger partial charge in [-0.2, -0.15) is 0 Å². The Labute approximate surface area is 163 Å². The van der Waals surface area contributed by atoms with E-state index in [-0.39, 0.29) is 17.7 Å². The van der Waals surface area contributed by atoms with Gasteiger partial charge in [0.25, 0.3) is 5.91 Å². The minimum atomic E-state index is -3.10. The number of sulfone groups is 1. The van der Waals surface area contributed by atoms with Crippen molar-refractivity contribution >= 4 is 21.4 Å². The molecule has 27 heavy (non-hydrogen) atoms. The molecule has 2 aromatic carbocycles. The molecule has 0 saturated carbocycles. The molecule has 146 valence electrons. The molecular weight excluding hydrogens is 358 g/mol. The highest BCUT2D eigenvalue weighted by Gasteiger charge is 2.24. The number of anilines is 1. The summed E-state index contributed by atoms with van der Waals surface area (Å²) in [7, 11) is -3.10. The van der Waals surface area contributed by atoms with Crippen LogP contribution >= 0.6 is 0 Å². The fourth-order valence-corrected chi connectivity index (χ4v) is 4.01. The number of benzene rings is 2. The van der Waals surface area contributed by atoms with E-state index in [1.54, 1.807) is 24.3 Å². The topological polar surface area (TPSA) is 54.5 Å². The van der Waals surface area contributed by atoms with Crippen molar-refractivity contribution in [3.05, 3.63) is 64.7 Å². The summed E-state index contributed by atoms with van der Waals surface area (Å²) in [6.07, 6.45) is 2.93. The summed E-state index contributed by atoms with van der Waals surface area (Å²) in [5, 5.41) is 0. The Hall–Kier alpha value is -2.14. The summed E-state index contributed by atoms with van der Waals surface area (Å²) in [6.45, 7) is 8.28. The van der Waals surface area contributed by atoms with Gasteiger partial charge in [-0.05, 0) is 67.6 Å². The lowest BCUT2D eigenvalue weighted by molar-refractivity contribution is 0.0975. The fraction of sp³-hybridized carbons (Fsp3) is 0.409. The van der Waals surface area contributed by atoms with Crippen molar-refractivity contribution in [2.24, 2.45) is 0 Å². The highest BCUT2D eigenvalue weighted by Crippen LogP contribution is 2.26. The van der Waals surface area contributed by atoms with Crippen LogP contribution in [0.15, 0.2) is 42.5 Å². The third-order valence-corrected chi connectivity index (χ3v) is 5.78. The molecule has 0 aliphatic carbocycles. The van der Waals surface area contributed by atoms with E-state index < -0.39 is 9.84 Å². The molecule has 0 fully saturated rings. The molecule has 0 heterocycles. The van der Waals surface area contributed by atoms with Gasteiger partial charge in [-0.25, -0.2) is 8.42 Å². The Kier molecular flexibility index (Phi) is 6.82. The van der Waals surface area contributed by atoms with E-state index in [2.05, 4.69) is 26.8 Å². The summed E-state index contributed by atoms with van der Waals surface area (Å²) in [4.78, 5) is 15.2. The van der Waals surface area contributed by atoms with Crippen molar-refractivity contribution in [3.63, 3.8) is 0 Å². The largest absolute Gasteiger partial charge is 0.305 e.